The van der Waals surface area contributed by atoms with E-state index in [9.17, 15) is 17.4 Å². The van der Waals surface area contributed by atoms with Crippen LogP contribution in [0.1, 0.15) is 18.4 Å². The van der Waals surface area contributed by atoms with Crippen molar-refractivity contribution in [3.63, 3.8) is 0 Å². The standard InChI is InChI=1S/C14H16ClF3N6OS/c1-23-7-11(20-8-23)26(25)24-4-2-9(3-5-24)21-13-19-6-10(12(15)22-13)14(16,17)18/h6-9H,2-5H2,1H3,(H,19,21,22). The third-order valence-corrected chi connectivity index (χ3v) is 5.62. The number of anilines is 1. The zero-order valence-electron chi connectivity index (χ0n) is 13.7. The van der Waals surface area contributed by atoms with E-state index in [0.717, 1.165) is 0 Å². The highest BCUT2D eigenvalue weighted by atomic mass is 35.5. The Kier molecular flexibility index (Phi) is 5.49. The molecule has 1 N–H and O–H groups in total. The van der Waals surface area contributed by atoms with Gasteiger partial charge in [-0.05, 0) is 12.8 Å². The quantitative estimate of drug-likeness (QED) is 0.786. The summed E-state index contributed by atoms with van der Waals surface area (Å²) in [4.78, 5) is 11.5. The number of imidazole rings is 1. The van der Waals surface area contributed by atoms with Crippen LogP contribution in [0.3, 0.4) is 0 Å². The van der Waals surface area contributed by atoms with E-state index in [4.69, 9.17) is 11.6 Å². The predicted molar refractivity (Wildman–Crippen MR) is 89.9 cm³/mol. The van der Waals surface area contributed by atoms with Gasteiger partial charge in [-0.2, -0.15) is 13.2 Å². The molecule has 0 aromatic carbocycles. The molecule has 1 aliphatic heterocycles. The van der Waals surface area contributed by atoms with E-state index >= 15 is 0 Å². The molecule has 0 aliphatic carbocycles. The first kappa shape index (κ1) is 19.1. The van der Waals surface area contributed by atoms with E-state index < -0.39 is 27.9 Å². The van der Waals surface area contributed by atoms with Gasteiger partial charge in [0.25, 0.3) is 0 Å². The molecule has 2 aromatic rings. The number of aryl methyl sites for hydroxylation is 1. The molecule has 12 heteroatoms. The Balaban J connectivity index is 1.57. The molecule has 3 heterocycles. The summed E-state index contributed by atoms with van der Waals surface area (Å²) in [6.07, 6.45) is 0.659. The van der Waals surface area contributed by atoms with Crippen LogP contribution in [0.4, 0.5) is 19.1 Å². The Hall–Kier alpha value is -1.72. The lowest BCUT2D eigenvalue weighted by Crippen LogP contribution is -2.40. The number of nitrogens with zero attached hydrogens (tertiary/aromatic N) is 5. The maximum Gasteiger partial charge on any atom is 0.420 e. The van der Waals surface area contributed by atoms with Gasteiger partial charge in [-0.15, -0.1) is 0 Å². The van der Waals surface area contributed by atoms with E-state index in [2.05, 4.69) is 20.3 Å². The van der Waals surface area contributed by atoms with Crippen LogP contribution in [0.5, 0.6) is 0 Å². The molecular formula is C14H16ClF3N6OS. The minimum atomic E-state index is -4.59. The summed E-state index contributed by atoms with van der Waals surface area (Å²) in [5.74, 6) is 0.0484. The molecule has 3 rings (SSSR count). The van der Waals surface area contributed by atoms with Crippen LogP contribution in [0.15, 0.2) is 23.7 Å². The summed E-state index contributed by atoms with van der Waals surface area (Å²) >= 11 is 5.60. The highest BCUT2D eigenvalue weighted by Gasteiger charge is 2.35. The van der Waals surface area contributed by atoms with E-state index in [1.54, 1.807) is 28.4 Å². The average molecular weight is 409 g/mol. The second kappa shape index (κ2) is 7.49. The summed E-state index contributed by atoms with van der Waals surface area (Å²) in [7, 11) is 0.474. The van der Waals surface area contributed by atoms with Crippen molar-refractivity contribution >= 4 is 28.5 Å². The van der Waals surface area contributed by atoms with Crippen molar-refractivity contribution in [3.05, 3.63) is 29.4 Å². The molecule has 1 atom stereocenters. The van der Waals surface area contributed by atoms with Crippen LogP contribution < -0.4 is 5.32 Å². The van der Waals surface area contributed by atoms with Crippen molar-refractivity contribution in [2.24, 2.45) is 7.05 Å². The van der Waals surface area contributed by atoms with Crippen LogP contribution in [0.2, 0.25) is 5.15 Å². The number of alkyl halides is 3. The molecule has 1 fully saturated rings. The third kappa shape index (κ3) is 4.33. The number of rotatable bonds is 4. The smallest absolute Gasteiger partial charge is 0.351 e. The molecule has 0 spiro atoms. The lowest BCUT2D eigenvalue weighted by Gasteiger charge is -2.30. The molecule has 7 nitrogen and oxygen atoms in total. The topological polar surface area (TPSA) is 75.9 Å². The van der Waals surface area contributed by atoms with Gasteiger partial charge in [-0.3, -0.25) is 0 Å². The number of hydrogen-bond donors (Lipinski definition) is 1. The van der Waals surface area contributed by atoms with Crippen molar-refractivity contribution in [2.75, 3.05) is 18.4 Å². The lowest BCUT2D eigenvalue weighted by molar-refractivity contribution is -0.137. The molecule has 0 radical (unpaired) electrons. The maximum absolute atomic E-state index is 12.7. The first-order chi connectivity index (χ1) is 12.2. The Morgan fingerprint density at radius 2 is 2.00 bits per heavy atom. The van der Waals surface area contributed by atoms with Gasteiger partial charge in [0.15, 0.2) is 5.03 Å². The molecular weight excluding hydrogens is 393 g/mol. The Morgan fingerprint density at radius 3 is 2.54 bits per heavy atom. The Morgan fingerprint density at radius 1 is 1.31 bits per heavy atom. The SMILES string of the molecule is Cn1cnc(S(=O)N2CCC(Nc3ncc(C(F)(F)F)c(Cl)n3)CC2)c1. The van der Waals surface area contributed by atoms with Gasteiger partial charge in [-0.1, -0.05) is 11.6 Å². The molecule has 26 heavy (non-hydrogen) atoms. The number of nitrogens with one attached hydrogen (secondary N) is 1. The number of hydrogen-bond acceptors (Lipinski definition) is 5. The van der Waals surface area contributed by atoms with Crippen LogP contribution in [0.25, 0.3) is 0 Å². The Labute approximate surface area is 155 Å². The van der Waals surface area contributed by atoms with Crippen molar-refractivity contribution in [2.45, 2.75) is 30.1 Å². The summed E-state index contributed by atoms with van der Waals surface area (Å²) in [6, 6.07) is -0.0419. The van der Waals surface area contributed by atoms with Gasteiger partial charge in [0, 0.05) is 38.6 Å². The van der Waals surface area contributed by atoms with Crippen molar-refractivity contribution < 1.29 is 17.4 Å². The molecule has 1 unspecified atom stereocenters. The molecule has 1 aliphatic rings. The van der Waals surface area contributed by atoms with Gasteiger partial charge in [-0.25, -0.2) is 23.5 Å². The zero-order valence-corrected chi connectivity index (χ0v) is 15.3. The second-order valence-electron chi connectivity index (χ2n) is 5.87. The molecule has 142 valence electrons. The summed E-state index contributed by atoms with van der Waals surface area (Å²) < 4.78 is 54.0. The number of piperidine rings is 1. The van der Waals surface area contributed by atoms with Crippen molar-refractivity contribution in [1.82, 2.24) is 23.8 Å². The van der Waals surface area contributed by atoms with Crippen LogP contribution in [0, 0.1) is 0 Å². The number of aromatic nitrogens is 4. The van der Waals surface area contributed by atoms with E-state index in [0.29, 0.717) is 37.2 Å². The van der Waals surface area contributed by atoms with Crippen LogP contribution in [-0.2, 0) is 24.2 Å². The third-order valence-electron chi connectivity index (χ3n) is 3.93. The normalized spacial score (nSPS) is 18.0. The fraction of sp³-hybridized carbons (Fsp3) is 0.500. The molecule has 0 saturated carbocycles. The zero-order chi connectivity index (χ0) is 18.9. The monoisotopic (exact) mass is 408 g/mol. The first-order valence-corrected chi connectivity index (χ1v) is 9.23. The fourth-order valence-corrected chi connectivity index (χ4v) is 4.02. The first-order valence-electron chi connectivity index (χ1n) is 7.75. The van der Waals surface area contributed by atoms with E-state index in [-0.39, 0.29) is 12.0 Å². The fourth-order valence-electron chi connectivity index (χ4n) is 2.58. The van der Waals surface area contributed by atoms with Gasteiger partial charge < -0.3 is 9.88 Å². The minimum absolute atomic E-state index is 0.0419. The average Bonchev–Trinajstić information content (AvgIpc) is 3.00. The van der Waals surface area contributed by atoms with Gasteiger partial charge in [0.05, 0.1) is 6.33 Å². The lowest BCUT2D eigenvalue weighted by atomic mass is 10.1. The predicted octanol–water partition coefficient (Wildman–Crippen LogP) is 2.48. The second-order valence-corrected chi connectivity index (χ2v) is 7.66. The highest BCUT2D eigenvalue weighted by Crippen LogP contribution is 2.33. The molecule has 2 aromatic heterocycles. The maximum atomic E-state index is 12.7. The minimum Gasteiger partial charge on any atom is -0.351 e. The molecule has 1 saturated heterocycles. The van der Waals surface area contributed by atoms with Gasteiger partial charge in [0.1, 0.15) is 21.7 Å². The largest absolute Gasteiger partial charge is 0.420 e. The van der Waals surface area contributed by atoms with Crippen LogP contribution in [-0.4, -0.2) is 47.2 Å². The summed E-state index contributed by atoms with van der Waals surface area (Å²) in [5, 5.41) is 2.85. The summed E-state index contributed by atoms with van der Waals surface area (Å²) in [5.41, 5.74) is -1.06. The Bertz CT molecular complexity index is 806. The molecule has 0 amide bonds. The number of halogens is 4. The van der Waals surface area contributed by atoms with Crippen molar-refractivity contribution in [1.29, 1.82) is 0 Å². The van der Waals surface area contributed by atoms with Crippen LogP contribution >= 0.6 is 11.6 Å². The van der Waals surface area contributed by atoms with E-state index in [1.165, 1.54) is 0 Å². The van der Waals surface area contributed by atoms with E-state index in [1.807, 2.05) is 0 Å². The summed E-state index contributed by atoms with van der Waals surface area (Å²) in [6.45, 7) is 1.10. The van der Waals surface area contributed by atoms with Gasteiger partial charge in [0.2, 0.25) is 5.95 Å². The van der Waals surface area contributed by atoms with Crippen molar-refractivity contribution in [3.8, 4) is 0 Å². The highest BCUT2D eigenvalue weighted by molar-refractivity contribution is 7.82. The van der Waals surface area contributed by atoms with Gasteiger partial charge >= 0.3 is 6.18 Å². The molecule has 0 bridgehead atoms.